The molecule has 0 unspecified atom stereocenters. The van der Waals surface area contributed by atoms with Crippen molar-refractivity contribution in [3.05, 3.63) is 46.7 Å². The molecule has 1 aliphatic rings. The van der Waals surface area contributed by atoms with Gasteiger partial charge in [-0.2, -0.15) is 4.31 Å². The lowest BCUT2D eigenvalue weighted by Gasteiger charge is -2.26. The number of ether oxygens (including phenoxy) is 1. The van der Waals surface area contributed by atoms with Gasteiger partial charge in [-0.15, -0.1) is 23.1 Å². The number of nitrogens with zero attached hydrogens (tertiary/aromatic N) is 1. The van der Waals surface area contributed by atoms with E-state index in [9.17, 15) is 13.2 Å². The second-order valence-electron chi connectivity index (χ2n) is 5.66. The van der Waals surface area contributed by atoms with Gasteiger partial charge in [0, 0.05) is 29.4 Å². The summed E-state index contributed by atoms with van der Waals surface area (Å²) in [5.74, 6) is 1.06. The molecule has 0 spiro atoms. The Balaban J connectivity index is 1.52. The van der Waals surface area contributed by atoms with Crippen LogP contribution in [0, 0.1) is 0 Å². The van der Waals surface area contributed by atoms with Crippen LogP contribution in [-0.4, -0.2) is 50.7 Å². The van der Waals surface area contributed by atoms with Gasteiger partial charge < -0.3 is 10.1 Å². The monoisotopic (exact) mass is 412 g/mol. The highest BCUT2D eigenvalue weighted by molar-refractivity contribution is 7.99. The molecule has 1 aliphatic heterocycles. The maximum atomic E-state index is 12.6. The Hall–Kier alpha value is -1.39. The number of morpholine rings is 1. The van der Waals surface area contributed by atoms with E-state index in [1.54, 1.807) is 35.2 Å². The van der Waals surface area contributed by atoms with Crippen LogP contribution in [0.3, 0.4) is 0 Å². The fourth-order valence-electron chi connectivity index (χ4n) is 2.48. The van der Waals surface area contributed by atoms with Crippen LogP contribution in [0.15, 0.2) is 46.7 Å². The first-order valence-electron chi connectivity index (χ1n) is 8.13. The van der Waals surface area contributed by atoms with Crippen LogP contribution in [0.2, 0.25) is 0 Å². The first-order chi connectivity index (χ1) is 12.6. The molecule has 1 saturated heterocycles. The van der Waals surface area contributed by atoms with E-state index in [4.69, 9.17) is 4.74 Å². The molecule has 140 valence electrons. The number of thioether (sulfide) groups is 1. The number of nitrogens with one attached hydrogen (secondary N) is 1. The number of hydrogen-bond acceptors (Lipinski definition) is 6. The smallest absolute Gasteiger partial charge is 0.243 e. The summed E-state index contributed by atoms with van der Waals surface area (Å²) in [7, 11) is -3.51. The van der Waals surface area contributed by atoms with Crippen molar-refractivity contribution in [1.29, 1.82) is 0 Å². The molecule has 0 radical (unpaired) electrons. The van der Waals surface area contributed by atoms with Gasteiger partial charge in [-0.25, -0.2) is 8.42 Å². The molecule has 9 heteroatoms. The van der Waals surface area contributed by atoms with E-state index < -0.39 is 10.0 Å². The molecule has 3 rings (SSSR count). The van der Waals surface area contributed by atoms with Gasteiger partial charge in [0.25, 0.3) is 0 Å². The number of anilines is 1. The van der Waals surface area contributed by atoms with E-state index in [-0.39, 0.29) is 10.8 Å². The molecule has 1 N–H and O–H groups in total. The van der Waals surface area contributed by atoms with Crippen molar-refractivity contribution in [3.8, 4) is 0 Å². The molecule has 2 aromatic rings. The minimum Gasteiger partial charge on any atom is -0.379 e. The lowest BCUT2D eigenvalue weighted by Crippen LogP contribution is -2.40. The zero-order valence-electron chi connectivity index (χ0n) is 14.1. The number of thiophene rings is 1. The third-order valence-corrected chi connectivity index (χ3v) is 7.76. The lowest BCUT2D eigenvalue weighted by atomic mass is 10.3. The minimum absolute atomic E-state index is 0.102. The van der Waals surface area contributed by atoms with Gasteiger partial charge >= 0.3 is 0 Å². The van der Waals surface area contributed by atoms with Gasteiger partial charge in [-0.3, -0.25) is 4.79 Å². The van der Waals surface area contributed by atoms with Gasteiger partial charge in [-0.1, -0.05) is 6.07 Å². The van der Waals surface area contributed by atoms with Crippen molar-refractivity contribution in [2.75, 3.05) is 37.4 Å². The van der Waals surface area contributed by atoms with Crippen molar-refractivity contribution < 1.29 is 17.9 Å². The Labute approximate surface area is 161 Å². The van der Waals surface area contributed by atoms with Crippen LogP contribution in [0.1, 0.15) is 4.88 Å². The molecule has 0 saturated carbocycles. The summed E-state index contributed by atoms with van der Waals surface area (Å²) in [6.45, 7) is 1.55. The van der Waals surface area contributed by atoms with Crippen molar-refractivity contribution >= 4 is 44.7 Å². The predicted octanol–water partition coefficient (Wildman–Crippen LogP) is 2.64. The Morgan fingerprint density at radius 2 is 1.92 bits per heavy atom. The summed E-state index contributed by atoms with van der Waals surface area (Å²) in [4.78, 5) is 13.5. The zero-order chi connectivity index (χ0) is 18.4. The van der Waals surface area contributed by atoms with E-state index in [2.05, 4.69) is 5.32 Å². The average molecular weight is 413 g/mol. The second-order valence-corrected chi connectivity index (χ2v) is 9.62. The number of carbonyl (C=O) groups is 1. The third kappa shape index (κ3) is 5.08. The number of benzene rings is 1. The topological polar surface area (TPSA) is 75.7 Å². The molecule has 26 heavy (non-hydrogen) atoms. The van der Waals surface area contributed by atoms with Gasteiger partial charge in [-0.05, 0) is 35.7 Å². The number of hydrogen-bond donors (Lipinski definition) is 1. The van der Waals surface area contributed by atoms with Crippen molar-refractivity contribution in [2.45, 2.75) is 10.6 Å². The molecule has 1 aromatic heterocycles. The first-order valence-corrected chi connectivity index (χ1v) is 11.6. The Bertz CT molecular complexity index is 814. The Morgan fingerprint density at radius 1 is 1.19 bits per heavy atom. The van der Waals surface area contributed by atoms with E-state index in [0.29, 0.717) is 37.7 Å². The van der Waals surface area contributed by atoms with Crippen LogP contribution in [0.25, 0.3) is 0 Å². The van der Waals surface area contributed by atoms with Crippen LogP contribution in [0.4, 0.5) is 5.69 Å². The van der Waals surface area contributed by atoms with E-state index in [0.717, 1.165) is 5.75 Å². The van der Waals surface area contributed by atoms with Crippen LogP contribution in [0.5, 0.6) is 0 Å². The van der Waals surface area contributed by atoms with E-state index in [1.807, 2.05) is 17.5 Å². The van der Waals surface area contributed by atoms with Gasteiger partial charge in [0.05, 0.1) is 23.9 Å². The highest BCUT2D eigenvalue weighted by Gasteiger charge is 2.26. The number of amides is 1. The van der Waals surface area contributed by atoms with E-state index in [1.165, 1.54) is 21.3 Å². The molecule has 6 nitrogen and oxygen atoms in total. The molecule has 0 bridgehead atoms. The quantitative estimate of drug-likeness (QED) is 0.757. The fraction of sp³-hybridized carbons (Fsp3) is 0.353. The third-order valence-electron chi connectivity index (χ3n) is 3.80. The van der Waals surface area contributed by atoms with E-state index >= 15 is 0 Å². The summed E-state index contributed by atoms with van der Waals surface area (Å²) in [5.41, 5.74) is 0.590. The lowest BCUT2D eigenvalue weighted by molar-refractivity contribution is -0.113. The average Bonchev–Trinajstić information content (AvgIpc) is 3.16. The number of rotatable bonds is 7. The standard InChI is InChI=1S/C17H20N2O4S3/c20-17(13-24-12-15-2-1-11-25-15)18-14-3-5-16(6-4-14)26(21,22)19-7-9-23-10-8-19/h1-6,11H,7-10,12-13H2,(H,18,20). The SMILES string of the molecule is O=C(CSCc1cccs1)Nc1ccc(S(=O)(=O)N2CCOCC2)cc1. The molecule has 0 aliphatic carbocycles. The summed E-state index contributed by atoms with van der Waals surface area (Å²) in [5, 5.41) is 4.81. The van der Waals surface area contributed by atoms with Gasteiger partial charge in [0.2, 0.25) is 15.9 Å². The Kier molecular flexibility index (Phi) is 6.71. The number of sulfonamides is 1. The van der Waals surface area contributed by atoms with Crippen LogP contribution in [-0.2, 0) is 25.3 Å². The zero-order valence-corrected chi connectivity index (χ0v) is 16.5. The van der Waals surface area contributed by atoms with Crippen LogP contribution < -0.4 is 5.32 Å². The molecular formula is C17H20N2O4S3. The summed E-state index contributed by atoms with van der Waals surface area (Å²) < 4.78 is 31.7. The fourth-order valence-corrected chi connectivity index (χ4v) is 5.56. The summed E-state index contributed by atoms with van der Waals surface area (Å²) in [6, 6.07) is 10.3. The molecular weight excluding hydrogens is 392 g/mol. The van der Waals surface area contributed by atoms with Gasteiger partial charge in [0.1, 0.15) is 0 Å². The predicted molar refractivity (Wildman–Crippen MR) is 105 cm³/mol. The largest absolute Gasteiger partial charge is 0.379 e. The maximum Gasteiger partial charge on any atom is 0.243 e. The maximum absolute atomic E-state index is 12.6. The van der Waals surface area contributed by atoms with Crippen molar-refractivity contribution in [1.82, 2.24) is 4.31 Å². The number of carbonyl (C=O) groups excluding carboxylic acids is 1. The normalized spacial score (nSPS) is 15.7. The second kappa shape index (κ2) is 9.01. The highest BCUT2D eigenvalue weighted by atomic mass is 32.2. The molecule has 0 atom stereocenters. The summed E-state index contributed by atoms with van der Waals surface area (Å²) >= 11 is 3.22. The van der Waals surface area contributed by atoms with Gasteiger partial charge in [0.15, 0.2) is 0 Å². The molecule has 1 aromatic carbocycles. The summed E-state index contributed by atoms with van der Waals surface area (Å²) in [6.07, 6.45) is 0. The minimum atomic E-state index is -3.51. The Morgan fingerprint density at radius 3 is 2.58 bits per heavy atom. The highest BCUT2D eigenvalue weighted by Crippen LogP contribution is 2.20. The van der Waals surface area contributed by atoms with Crippen molar-refractivity contribution in [2.24, 2.45) is 0 Å². The van der Waals surface area contributed by atoms with Crippen molar-refractivity contribution in [3.63, 3.8) is 0 Å². The molecule has 1 fully saturated rings. The molecule has 1 amide bonds. The molecule has 2 heterocycles. The first kappa shape index (κ1) is 19.4. The van der Waals surface area contributed by atoms with Crippen LogP contribution >= 0.6 is 23.1 Å².